The molecule has 2 N–H and O–H groups in total. The van der Waals surface area contributed by atoms with Gasteiger partial charge in [0.1, 0.15) is 0 Å². The summed E-state index contributed by atoms with van der Waals surface area (Å²) in [5.74, 6) is 0.536. The summed E-state index contributed by atoms with van der Waals surface area (Å²) >= 11 is 5.27. The van der Waals surface area contributed by atoms with E-state index in [0.29, 0.717) is 11.0 Å². The zero-order chi connectivity index (χ0) is 16.8. The number of rotatable bonds is 4. The smallest absolute Gasteiger partial charge is 0.191 e. The fraction of sp³-hybridized carbons (Fsp3) is 0.263. The minimum absolute atomic E-state index is 0.480. The molecule has 0 saturated carbocycles. The maximum absolute atomic E-state index is 5.27. The van der Waals surface area contributed by atoms with Crippen LogP contribution in [-0.4, -0.2) is 11.3 Å². The van der Waals surface area contributed by atoms with Crippen molar-refractivity contribution in [2.75, 3.05) is 5.32 Å². The van der Waals surface area contributed by atoms with E-state index in [2.05, 4.69) is 73.9 Å². The molecular formula is C19H23N3S. The van der Waals surface area contributed by atoms with Gasteiger partial charge in [0.25, 0.3) is 0 Å². The number of nitrogens with one attached hydrogen (secondary N) is 2. The summed E-state index contributed by atoms with van der Waals surface area (Å²) < 4.78 is 0. The Balaban J connectivity index is 1.92. The van der Waals surface area contributed by atoms with E-state index in [-0.39, 0.29) is 0 Å². The van der Waals surface area contributed by atoms with Gasteiger partial charge >= 0.3 is 0 Å². The highest BCUT2D eigenvalue weighted by molar-refractivity contribution is 7.80. The predicted octanol–water partition coefficient (Wildman–Crippen LogP) is 4.75. The van der Waals surface area contributed by atoms with Gasteiger partial charge in [-0.2, -0.15) is 5.10 Å². The number of aryl methyl sites for hydroxylation is 1. The Morgan fingerprint density at radius 3 is 2.43 bits per heavy atom. The number of hydrazone groups is 1. The maximum atomic E-state index is 5.27. The SMILES string of the molecule is Cc1cccc(NC(=S)N/N=C/c2ccc(C(C)C)cc2)c1C. The third kappa shape index (κ3) is 4.89. The highest BCUT2D eigenvalue weighted by Gasteiger charge is 2.02. The fourth-order valence-electron chi connectivity index (χ4n) is 2.17. The highest BCUT2D eigenvalue weighted by atomic mass is 32.1. The number of nitrogens with zero attached hydrogens (tertiary/aromatic N) is 1. The van der Waals surface area contributed by atoms with E-state index >= 15 is 0 Å². The molecular weight excluding hydrogens is 302 g/mol. The van der Waals surface area contributed by atoms with E-state index in [0.717, 1.165) is 11.3 Å². The molecule has 0 aliphatic heterocycles. The van der Waals surface area contributed by atoms with Crippen LogP contribution in [0.5, 0.6) is 0 Å². The van der Waals surface area contributed by atoms with Gasteiger partial charge in [-0.25, -0.2) is 0 Å². The Morgan fingerprint density at radius 1 is 1.09 bits per heavy atom. The average molecular weight is 325 g/mol. The van der Waals surface area contributed by atoms with Crippen molar-refractivity contribution < 1.29 is 0 Å². The normalized spacial score (nSPS) is 11.0. The minimum Gasteiger partial charge on any atom is -0.331 e. The van der Waals surface area contributed by atoms with Crippen molar-refractivity contribution in [1.29, 1.82) is 0 Å². The molecule has 2 aromatic carbocycles. The first kappa shape index (κ1) is 17.2. The molecule has 0 aliphatic carbocycles. The summed E-state index contributed by atoms with van der Waals surface area (Å²) in [6, 6.07) is 14.5. The van der Waals surface area contributed by atoms with Crippen molar-refractivity contribution >= 4 is 29.2 Å². The van der Waals surface area contributed by atoms with Gasteiger partial charge in [0.15, 0.2) is 5.11 Å². The Kier molecular flexibility index (Phi) is 5.88. The van der Waals surface area contributed by atoms with Crippen LogP contribution in [0.1, 0.15) is 42.0 Å². The van der Waals surface area contributed by atoms with Crippen molar-refractivity contribution in [2.45, 2.75) is 33.6 Å². The summed E-state index contributed by atoms with van der Waals surface area (Å²) in [6.07, 6.45) is 1.77. The lowest BCUT2D eigenvalue weighted by Crippen LogP contribution is -2.24. The van der Waals surface area contributed by atoms with E-state index in [9.17, 15) is 0 Å². The van der Waals surface area contributed by atoms with Crippen LogP contribution in [0.3, 0.4) is 0 Å². The zero-order valence-electron chi connectivity index (χ0n) is 14.1. The lowest BCUT2D eigenvalue weighted by Gasteiger charge is -2.11. The summed E-state index contributed by atoms with van der Waals surface area (Å²) in [5, 5.41) is 7.83. The van der Waals surface area contributed by atoms with E-state index < -0.39 is 0 Å². The topological polar surface area (TPSA) is 36.4 Å². The Hall–Kier alpha value is -2.20. The number of hydrogen-bond donors (Lipinski definition) is 2. The summed E-state index contributed by atoms with van der Waals surface area (Å²) in [4.78, 5) is 0. The minimum atomic E-state index is 0.480. The van der Waals surface area contributed by atoms with Crippen molar-refractivity contribution in [1.82, 2.24) is 5.43 Å². The van der Waals surface area contributed by atoms with Crippen molar-refractivity contribution in [3.05, 3.63) is 64.7 Å². The fourth-order valence-corrected chi connectivity index (χ4v) is 2.33. The Morgan fingerprint density at radius 2 is 1.78 bits per heavy atom. The van der Waals surface area contributed by atoms with E-state index in [1.807, 2.05) is 12.1 Å². The average Bonchev–Trinajstić information content (AvgIpc) is 2.52. The van der Waals surface area contributed by atoms with Gasteiger partial charge in [-0.05, 0) is 60.3 Å². The first-order valence-electron chi connectivity index (χ1n) is 7.73. The molecule has 0 unspecified atom stereocenters. The molecule has 0 aromatic heterocycles. The van der Waals surface area contributed by atoms with Crippen LogP contribution in [0.15, 0.2) is 47.6 Å². The Labute approximate surface area is 143 Å². The molecule has 0 atom stereocenters. The molecule has 0 heterocycles. The van der Waals surface area contributed by atoms with Crippen LogP contribution >= 0.6 is 12.2 Å². The van der Waals surface area contributed by atoms with Gasteiger partial charge in [0, 0.05) is 5.69 Å². The molecule has 2 aromatic rings. The molecule has 120 valence electrons. The first-order valence-corrected chi connectivity index (χ1v) is 8.14. The molecule has 4 heteroatoms. The van der Waals surface area contributed by atoms with E-state index in [4.69, 9.17) is 12.2 Å². The largest absolute Gasteiger partial charge is 0.331 e. The standard InChI is InChI=1S/C19H23N3S/c1-13(2)17-10-8-16(9-11-17)12-20-22-19(23)21-18-7-5-6-14(3)15(18)4/h5-13H,1-4H3,(H2,21,22,23)/b20-12+. The number of anilines is 1. The first-order chi connectivity index (χ1) is 11.0. The van der Waals surface area contributed by atoms with Crippen molar-refractivity contribution in [3.8, 4) is 0 Å². The molecule has 0 aliphatic rings. The molecule has 3 nitrogen and oxygen atoms in total. The molecule has 0 radical (unpaired) electrons. The number of hydrogen-bond acceptors (Lipinski definition) is 2. The van der Waals surface area contributed by atoms with E-state index in [1.165, 1.54) is 16.7 Å². The van der Waals surface area contributed by atoms with Gasteiger partial charge in [-0.1, -0.05) is 50.2 Å². The van der Waals surface area contributed by atoms with Crippen molar-refractivity contribution in [3.63, 3.8) is 0 Å². The monoisotopic (exact) mass is 325 g/mol. The number of benzene rings is 2. The number of thiocarbonyl (C=S) groups is 1. The third-order valence-corrected chi connectivity index (χ3v) is 4.03. The van der Waals surface area contributed by atoms with E-state index in [1.54, 1.807) is 6.21 Å². The molecule has 0 bridgehead atoms. The molecule has 2 rings (SSSR count). The van der Waals surface area contributed by atoms with Crippen molar-refractivity contribution in [2.24, 2.45) is 5.10 Å². The zero-order valence-corrected chi connectivity index (χ0v) is 14.9. The van der Waals surface area contributed by atoms with Gasteiger partial charge in [0.2, 0.25) is 0 Å². The van der Waals surface area contributed by atoms with Gasteiger partial charge < -0.3 is 5.32 Å². The van der Waals surface area contributed by atoms with Crippen LogP contribution in [0.2, 0.25) is 0 Å². The molecule has 23 heavy (non-hydrogen) atoms. The Bertz CT molecular complexity index is 703. The predicted molar refractivity (Wildman–Crippen MR) is 103 cm³/mol. The van der Waals surface area contributed by atoms with Gasteiger partial charge in [-0.3, -0.25) is 5.43 Å². The second-order valence-corrected chi connectivity index (χ2v) is 6.30. The highest BCUT2D eigenvalue weighted by Crippen LogP contribution is 2.17. The lowest BCUT2D eigenvalue weighted by atomic mass is 10.0. The second kappa shape index (κ2) is 7.88. The molecule has 0 saturated heterocycles. The molecule has 0 fully saturated rings. The quantitative estimate of drug-likeness (QED) is 0.484. The second-order valence-electron chi connectivity index (χ2n) is 5.89. The summed E-state index contributed by atoms with van der Waals surface area (Å²) in [6.45, 7) is 8.51. The van der Waals surface area contributed by atoms with Gasteiger partial charge in [0.05, 0.1) is 6.21 Å². The van der Waals surface area contributed by atoms with Crippen LogP contribution in [0.25, 0.3) is 0 Å². The summed E-state index contributed by atoms with van der Waals surface area (Å²) in [7, 11) is 0. The lowest BCUT2D eigenvalue weighted by molar-refractivity contribution is 0.866. The molecule has 0 spiro atoms. The van der Waals surface area contributed by atoms with Gasteiger partial charge in [-0.15, -0.1) is 0 Å². The van der Waals surface area contributed by atoms with Crippen LogP contribution in [-0.2, 0) is 0 Å². The summed E-state index contributed by atoms with van der Waals surface area (Å²) in [5.41, 5.74) is 8.63. The third-order valence-electron chi connectivity index (χ3n) is 3.84. The van der Waals surface area contributed by atoms with Crippen LogP contribution in [0.4, 0.5) is 5.69 Å². The van der Waals surface area contributed by atoms with Crippen LogP contribution in [0, 0.1) is 13.8 Å². The van der Waals surface area contributed by atoms with Crippen LogP contribution < -0.4 is 10.7 Å². The maximum Gasteiger partial charge on any atom is 0.191 e. The molecule has 0 amide bonds.